The minimum Gasteiger partial charge on any atom is -0.344 e. The zero-order chi connectivity index (χ0) is 10.5. The molecule has 0 heterocycles. The number of rotatable bonds is 5. The van der Waals surface area contributed by atoms with E-state index in [1.807, 2.05) is 5.32 Å². The van der Waals surface area contributed by atoms with E-state index in [0.717, 1.165) is 0 Å². The molecule has 0 aromatic heterocycles. The average molecular weight is 211 g/mol. The lowest BCUT2D eigenvalue weighted by molar-refractivity contribution is 0.248. The average Bonchev–Trinajstić information content (AvgIpc) is 1.99. The molecule has 0 unspecified atom stereocenters. The second kappa shape index (κ2) is 5.31. The number of nitrogens with two attached hydrogens (primary N) is 1. The van der Waals surface area contributed by atoms with Crippen LogP contribution in [0.1, 0.15) is 0 Å². The number of amides is 1. The summed E-state index contributed by atoms with van der Waals surface area (Å²) in [5.41, 5.74) is 4.15. The van der Waals surface area contributed by atoms with Gasteiger partial charge in [-0.3, -0.25) is 4.79 Å². The molecule has 0 bridgehead atoms. The first-order chi connectivity index (χ1) is 5.88. The van der Waals surface area contributed by atoms with Crippen molar-refractivity contribution >= 4 is 13.2 Å². The van der Waals surface area contributed by atoms with Crippen LogP contribution in [-0.2, 0) is 4.57 Å². The molecule has 6 N–H and O–H groups in total. The van der Waals surface area contributed by atoms with Crippen LogP contribution in [0, 0.1) is 0 Å². The standard InChI is InChI=1S/C5H14N3O4P/c1-7-2-4(6)3-8-5(9)13(10,11)12/h4,7H,2-3,6H2,1H3,(H,8,9)(H2,10,11,12)/t4-/m1/s1. The van der Waals surface area contributed by atoms with Crippen molar-refractivity contribution in [2.24, 2.45) is 5.73 Å². The van der Waals surface area contributed by atoms with Crippen LogP contribution < -0.4 is 16.4 Å². The van der Waals surface area contributed by atoms with Crippen molar-refractivity contribution in [1.82, 2.24) is 10.6 Å². The van der Waals surface area contributed by atoms with E-state index in [-0.39, 0.29) is 12.6 Å². The molecule has 0 aliphatic carbocycles. The second-order valence-corrected chi connectivity index (χ2v) is 4.04. The highest BCUT2D eigenvalue weighted by molar-refractivity contribution is 7.69. The van der Waals surface area contributed by atoms with Crippen LogP contribution in [0.2, 0.25) is 0 Å². The molecule has 0 saturated heterocycles. The third kappa shape index (κ3) is 5.73. The molecule has 0 spiro atoms. The monoisotopic (exact) mass is 211 g/mol. The van der Waals surface area contributed by atoms with Gasteiger partial charge in [0.2, 0.25) is 0 Å². The lowest BCUT2D eigenvalue weighted by atomic mass is 10.3. The minimum absolute atomic E-state index is 0.0325. The summed E-state index contributed by atoms with van der Waals surface area (Å²) in [4.78, 5) is 27.4. The normalized spacial score (nSPS) is 13.8. The topological polar surface area (TPSA) is 125 Å². The lowest BCUT2D eigenvalue weighted by Crippen LogP contribution is -2.42. The Morgan fingerprint density at radius 3 is 2.46 bits per heavy atom. The molecule has 0 fully saturated rings. The molecule has 0 rings (SSSR count). The Morgan fingerprint density at radius 2 is 2.08 bits per heavy atom. The van der Waals surface area contributed by atoms with Crippen molar-refractivity contribution in [3.05, 3.63) is 0 Å². The first kappa shape index (κ1) is 12.5. The van der Waals surface area contributed by atoms with Crippen LogP contribution in [-0.4, -0.2) is 41.6 Å². The van der Waals surface area contributed by atoms with E-state index in [2.05, 4.69) is 5.32 Å². The lowest BCUT2D eigenvalue weighted by Gasteiger charge is -2.12. The first-order valence-corrected chi connectivity index (χ1v) is 5.23. The molecule has 8 heteroatoms. The summed E-state index contributed by atoms with van der Waals surface area (Å²) in [6.07, 6.45) is 0. The Labute approximate surface area is 75.9 Å². The maximum atomic E-state index is 10.6. The zero-order valence-electron chi connectivity index (χ0n) is 7.23. The predicted octanol–water partition coefficient (Wildman–Crippen LogP) is -1.58. The quantitative estimate of drug-likeness (QED) is 0.349. The fourth-order valence-electron chi connectivity index (χ4n) is 0.656. The van der Waals surface area contributed by atoms with Gasteiger partial charge in [0.05, 0.1) is 0 Å². The van der Waals surface area contributed by atoms with Gasteiger partial charge in [0.25, 0.3) is 0 Å². The summed E-state index contributed by atoms with van der Waals surface area (Å²) < 4.78 is 10.3. The molecule has 78 valence electrons. The number of hydrogen-bond acceptors (Lipinski definition) is 4. The van der Waals surface area contributed by atoms with Gasteiger partial charge in [-0.2, -0.15) is 0 Å². The fourth-order valence-corrected chi connectivity index (χ4v) is 0.953. The molecule has 0 aliphatic rings. The van der Waals surface area contributed by atoms with Crippen LogP contribution >= 0.6 is 7.60 Å². The summed E-state index contributed by atoms with van der Waals surface area (Å²) >= 11 is 0. The zero-order valence-corrected chi connectivity index (χ0v) is 8.12. The van der Waals surface area contributed by atoms with E-state index in [0.29, 0.717) is 6.54 Å². The fraction of sp³-hybridized carbons (Fsp3) is 0.800. The van der Waals surface area contributed by atoms with Gasteiger partial charge in [0, 0.05) is 19.1 Å². The highest BCUT2D eigenvalue weighted by Crippen LogP contribution is 2.34. The van der Waals surface area contributed by atoms with Crippen molar-refractivity contribution in [3.8, 4) is 0 Å². The Bertz CT molecular complexity index is 216. The Balaban J connectivity index is 3.77. The van der Waals surface area contributed by atoms with Gasteiger partial charge in [-0.1, -0.05) is 0 Å². The summed E-state index contributed by atoms with van der Waals surface area (Å²) in [5, 5.41) is 4.80. The van der Waals surface area contributed by atoms with Crippen molar-refractivity contribution in [3.63, 3.8) is 0 Å². The highest BCUT2D eigenvalue weighted by atomic mass is 31.2. The highest BCUT2D eigenvalue weighted by Gasteiger charge is 2.25. The third-order valence-electron chi connectivity index (χ3n) is 1.25. The number of likely N-dealkylation sites (N-methyl/N-ethyl adjacent to an activating group) is 1. The number of hydrogen-bond donors (Lipinski definition) is 5. The summed E-state index contributed by atoms with van der Waals surface area (Å²) in [5.74, 6) is 0. The molecule has 0 saturated carbocycles. The van der Waals surface area contributed by atoms with Crippen molar-refractivity contribution in [1.29, 1.82) is 0 Å². The number of nitrogens with one attached hydrogen (secondary N) is 2. The third-order valence-corrected chi connectivity index (χ3v) is 1.93. The summed E-state index contributed by atoms with van der Waals surface area (Å²) in [6.45, 7) is 0.492. The number of carbonyl (C=O) groups is 1. The maximum absolute atomic E-state index is 10.6. The van der Waals surface area contributed by atoms with Crippen molar-refractivity contribution < 1.29 is 19.1 Å². The molecule has 0 radical (unpaired) electrons. The van der Waals surface area contributed by atoms with Crippen LogP contribution in [0.25, 0.3) is 0 Å². The Morgan fingerprint density at radius 1 is 1.54 bits per heavy atom. The molecule has 1 amide bonds. The Hall–Kier alpha value is -0.460. The van der Waals surface area contributed by atoms with Crippen molar-refractivity contribution in [2.75, 3.05) is 20.1 Å². The van der Waals surface area contributed by atoms with Gasteiger partial charge < -0.3 is 26.2 Å². The molecule has 0 aliphatic heterocycles. The molecule has 0 aromatic rings. The van der Waals surface area contributed by atoms with Crippen LogP contribution in [0.3, 0.4) is 0 Å². The number of carbonyl (C=O) groups excluding carboxylic acids is 1. The van der Waals surface area contributed by atoms with Gasteiger partial charge >= 0.3 is 13.2 Å². The van der Waals surface area contributed by atoms with Crippen molar-refractivity contribution in [2.45, 2.75) is 6.04 Å². The van der Waals surface area contributed by atoms with Crippen LogP contribution in [0.4, 0.5) is 4.79 Å². The van der Waals surface area contributed by atoms with Gasteiger partial charge in [0.15, 0.2) is 0 Å². The molecular weight excluding hydrogens is 197 g/mol. The molecule has 13 heavy (non-hydrogen) atoms. The van der Waals surface area contributed by atoms with E-state index in [9.17, 15) is 9.36 Å². The van der Waals surface area contributed by atoms with Gasteiger partial charge in [0.1, 0.15) is 0 Å². The second-order valence-electron chi connectivity index (χ2n) is 2.55. The predicted molar refractivity (Wildman–Crippen MR) is 47.3 cm³/mol. The molecule has 7 nitrogen and oxygen atoms in total. The Kier molecular flexibility index (Phi) is 5.12. The van der Waals surface area contributed by atoms with Gasteiger partial charge in [-0.05, 0) is 7.05 Å². The summed E-state index contributed by atoms with van der Waals surface area (Å²) in [6, 6.07) is -0.361. The van der Waals surface area contributed by atoms with Gasteiger partial charge in [-0.25, -0.2) is 4.57 Å². The van der Waals surface area contributed by atoms with Crippen LogP contribution in [0.5, 0.6) is 0 Å². The SMILES string of the molecule is CNC[C@@H](N)CNC(=O)P(=O)(O)O. The minimum atomic E-state index is -4.66. The van der Waals surface area contributed by atoms with E-state index >= 15 is 0 Å². The summed E-state index contributed by atoms with van der Waals surface area (Å²) in [7, 11) is -2.97. The van der Waals surface area contributed by atoms with Crippen LogP contribution in [0.15, 0.2) is 0 Å². The van der Waals surface area contributed by atoms with E-state index in [4.69, 9.17) is 15.5 Å². The van der Waals surface area contributed by atoms with E-state index in [1.54, 1.807) is 7.05 Å². The largest absolute Gasteiger partial charge is 0.413 e. The molecule has 1 atom stereocenters. The smallest absolute Gasteiger partial charge is 0.344 e. The van der Waals surface area contributed by atoms with Gasteiger partial charge in [-0.15, -0.1) is 0 Å². The molecular formula is C5H14N3O4P. The maximum Gasteiger partial charge on any atom is 0.413 e. The van der Waals surface area contributed by atoms with E-state index < -0.39 is 13.2 Å². The first-order valence-electron chi connectivity index (χ1n) is 3.62. The van der Waals surface area contributed by atoms with E-state index in [1.165, 1.54) is 0 Å². The molecule has 0 aromatic carbocycles.